The van der Waals surface area contributed by atoms with E-state index >= 15 is 0 Å². The zero-order valence-corrected chi connectivity index (χ0v) is 9.79. The lowest BCUT2D eigenvalue weighted by atomic mass is 9.98. The molecule has 1 atom stereocenters. The molecular formula is C12H15NO4. The number of aliphatic hydroxyl groups excluding tert-OH is 1. The number of benzene rings is 1. The number of hydrogen-bond donors (Lipinski definition) is 1. The van der Waals surface area contributed by atoms with Crippen molar-refractivity contribution in [2.45, 2.75) is 26.4 Å². The van der Waals surface area contributed by atoms with Gasteiger partial charge in [0, 0.05) is 24.1 Å². The maximum atomic E-state index is 11.8. The van der Waals surface area contributed by atoms with E-state index in [4.69, 9.17) is 0 Å². The molecule has 1 N–H and O–H groups in total. The molecule has 0 unspecified atom stereocenters. The van der Waals surface area contributed by atoms with Crippen molar-refractivity contribution < 1.29 is 14.8 Å². The Labute approximate surface area is 99.2 Å². The monoisotopic (exact) mass is 237 g/mol. The first-order valence-corrected chi connectivity index (χ1v) is 5.37. The Morgan fingerprint density at radius 2 is 2.12 bits per heavy atom. The molecule has 5 heteroatoms. The molecule has 92 valence electrons. The number of rotatable bonds is 5. The maximum absolute atomic E-state index is 11.8. The number of aliphatic hydroxyl groups is 1. The molecule has 0 bridgehead atoms. The van der Waals surface area contributed by atoms with E-state index in [9.17, 15) is 20.0 Å². The lowest BCUT2D eigenvalue weighted by molar-refractivity contribution is -0.384. The van der Waals surface area contributed by atoms with Gasteiger partial charge in [0.15, 0.2) is 5.78 Å². The Morgan fingerprint density at radius 3 is 2.65 bits per heavy atom. The molecule has 0 saturated carbocycles. The SMILES string of the molecule is CC(C)[C@@H](O)CC(=O)c1cccc([N+](=O)[O-])c1. The summed E-state index contributed by atoms with van der Waals surface area (Å²) in [5.74, 6) is -0.299. The number of carbonyl (C=O) groups excluding carboxylic acids is 1. The summed E-state index contributed by atoms with van der Waals surface area (Å²) < 4.78 is 0. The minimum atomic E-state index is -0.721. The number of ketones is 1. The Hall–Kier alpha value is -1.75. The third-order valence-electron chi connectivity index (χ3n) is 2.54. The fourth-order valence-corrected chi connectivity index (χ4v) is 1.34. The summed E-state index contributed by atoms with van der Waals surface area (Å²) >= 11 is 0. The van der Waals surface area contributed by atoms with Crippen molar-refractivity contribution in [3.63, 3.8) is 0 Å². The van der Waals surface area contributed by atoms with Gasteiger partial charge in [0.25, 0.3) is 5.69 Å². The van der Waals surface area contributed by atoms with Crippen LogP contribution in [-0.4, -0.2) is 21.9 Å². The van der Waals surface area contributed by atoms with Gasteiger partial charge < -0.3 is 5.11 Å². The Morgan fingerprint density at radius 1 is 1.47 bits per heavy atom. The minimum absolute atomic E-state index is 0.0150. The van der Waals surface area contributed by atoms with Gasteiger partial charge in [-0.3, -0.25) is 14.9 Å². The van der Waals surface area contributed by atoms with Crippen molar-refractivity contribution in [3.05, 3.63) is 39.9 Å². The standard InChI is InChI=1S/C12H15NO4/c1-8(2)11(14)7-12(15)9-4-3-5-10(6-9)13(16)17/h3-6,8,11,14H,7H2,1-2H3/t11-/m0/s1. The van der Waals surface area contributed by atoms with E-state index in [1.165, 1.54) is 24.3 Å². The summed E-state index contributed by atoms with van der Waals surface area (Å²) in [6.07, 6.45) is -0.736. The van der Waals surface area contributed by atoms with Crippen LogP contribution < -0.4 is 0 Å². The van der Waals surface area contributed by atoms with Crippen LogP contribution in [0.15, 0.2) is 24.3 Å². The topological polar surface area (TPSA) is 80.4 Å². The van der Waals surface area contributed by atoms with Crippen molar-refractivity contribution >= 4 is 11.5 Å². The second kappa shape index (κ2) is 5.54. The first kappa shape index (κ1) is 13.3. The maximum Gasteiger partial charge on any atom is 0.270 e. The Kier molecular flexibility index (Phi) is 4.34. The first-order chi connectivity index (χ1) is 7.91. The Balaban J connectivity index is 2.82. The number of hydrogen-bond acceptors (Lipinski definition) is 4. The van der Waals surface area contributed by atoms with Crippen LogP contribution in [0.4, 0.5) is 5.69 Å². The van der Waals surface area contributed by atoms with E-state index in [0.717, 1.165) is 0 Å². The molecule has 0 saturated heterocycles. The van der Waals surface area contributed by atoms with E-state index in [2.05, 4.69) is 0 Å². The Bertz CT molecular complexity index is 428. The summed E-state index contributed by atoms with van der Waals surface area (Å²) in [5.41, 5.74) is 0.147. The van der Waals surface area contributed by atoms with Gasteiger partial charge in [-0.05, 0) is 5.92 Å². The summed E-state index contributed by atoms with van der Waals surface area (Å²) in [4.78, 5) is 21.8. The normalized spacial score (nSPS) is 12.5. The number of nitrogens with zero attached hydrogens (tertiary/aromatic N) is 1. The van der Waals surface area contributed by atoms with Crippen LogP contribution in [0.1, 0.15) is 30.6 Å². The van der Waals surface area contributed by atoms with Crippen LogP contribution in [0.2, 0.25) is 0 Å². The third-order valence-corrected chi connectivity index (χ3v) is 2.54. The number of nitro benzene ring substituents is 1. The molecule has 0 spiro atoms. The predicted molar refractivity (Wildman–Crippen MR) is 62.9 cm³/mol. The van der Waals surface area contributed by atoms with E-state index < -0.39 is 11.0 Å². The fourth-order valence-electron chi connectivity index (χ4n) is 1.34. The predicted octanol–water partition coefficient (Wildman–Crippen LogP) is 2.18. The quantitative estimate of drug-likeness (QED) is 0.483. The van der Waals surface area contributed by atoms with Crippen LogP contribution in [0, 0.1) is 16.0 Å². The lowest BCUT2D eigenvalue weighted by Crippen LogP contribution is -2.19. The molecule has 1 rings (SSSR count). The van der Waals surface area contributed by atoms with Crippen LogP contribution >= 0.6 is 0 Å². The van der Waals surface area contributed by atoms with E-state index in [-0.39, 0.29) is 29.4 Å². The van der Waals surface area contributed by atoms with Crippen LogP contribution in [0.5, 0.6) is 0 Å². The van der Waals surface area contributed by atoms with Gasteiger partial charge in [0.2, 0.25) is 0 Å². The average molecular weight is 237 g/mol. The van der Waals surface area contributed by atoms with Gasteiger partial charge in [-0.25, -0.2) is 0 Å². The third kappa shape index (κ3) is 3.64. The number of Topliss-reactive ketones (excluding diaryl/α,β-unsaturated/α-hetero) is 1. The molecule has 0 aliphatic carbocycles. The first-order valence-electron chi connectivity index (χ1n) is 5.37. The van der Waals surface area contributed by atoms with Crippen molar-refractivity contribution in [2.24, 2.45) is 5.92 Å². The summed E-state index contributed by atoms with van der Waals surface area (Å²) in [5, 5.41) is 20.1. The number of non-ortho nitro benzene ring substituents is 1. The van der Waals surface area contributed by atoms with Crippen molar-refractivity contribution in [3.8, 4) is 0 Å². The van der Waals surface area contributed by atoms with Gasteiger partial charge in [-0.2, -0.15) is 0 Å². The van der Waals surface area contributed by atoms with Crippen LogP contribution in [-0.2, 0) is 0 Å². The van der Waals surface area contributed by atoms with Gasteiger partial charge in [-0.15, -0.1) is 0 Å². The van der Waals surface area contributed by atoms with Gasteiger partial charge in [-0.1, -0.05) is 26.0 Å². The summed E-state index contributed by atoms with van der Waals surface area (Å²) in [6, 6.07) is 5.54. The molecule has 0 fully saturated rings. The molecule has 0 aliphatic heterocycles. The highest BCUT2D eigenvalue weighted by atomic mass is 16.6. The van der Waals surface area contributed by atoms with Crippen LogP contribution in [0.3, 0.4) is 0 Å². The molecule has 0 amide bonds. The molecule has 0 aliphatic rings. The second-order valence-electron chi connectivity index (χ2n) is 4.25. The smallest absolute Gasteiger partial charge is 0.270 e. The summed E-state index contributed by atoms with van der Waals surface area (Å²) in [7, 11) is 0. The van der Waals surface area contributed by atoms with E-state index in [1.54, 1.807) is 0 Å². The molecule has 0 aromatic heterocycles. The van der Waals surface area contributed by atoms with E-state index in [1.807, 2.05) is 13.8 Å². The fraction of sp³-hybridized carbons (Fsp3) is 0.417. The molecule has 0 heterocycles. The van der Waals surface area contributed by atoms with Gasteiger partial charge in [0.1, 0.15) is 0 Å². The largest absolute Gasteiger partial charge is 0.392 e. The number of carbonyl (C=O) groups is 1. The minimum Gasteiger partial charge on any atom is -0.392 e. The zero-order chi connectivity index (χ0) is 13.0. The molecular weight excluding hydrogens is 222 g/mol. The van der Waals surface area contributed by atoms with Crippen molar-refractivity contribution in [1.29, 1.82) is 0 Å². The molecule has 1 aromatic carbocycles. The molecule has 17 heavy (non-hydrogen) atoms. The number of nitro groups is 1. The van der Waals surface area contributed by atoms with Gasteiger partial charge in [0.05, 0.1) is 11.0 Å². The average Bonchev–Trinajstić information content (AvgIpc) is 2.28. The van der Waals surface area contributed by atoms with Gasteiger partial charge >= 0.3 is 0 Å². The highest BCUT2D eigenvalue weighted by molar-refractivity contribution is 5.96. The van der Waals surface area contributed by atoms with E-state index in [0.29, 0.717) is 0 Å². The molecule has 5 nitrogen and oxygen atoms in total. The second-order valence-corrected chi connectivity index (χ2v) is 4.25. The molecule has 0 radical (unpaired) electrons. The highest BCUT2D eigenvalue weighted by Gasteiger charge is 2.17. The van der Waals surface area contributed by atoms with Crippen molar-refractivity contribution in [1.82, 2.24) is 0 Å². The van der Waals surface area contributed by atoms with Crippen molar-refractivity contribution in [2.75, 3.05) is 0 Å². The highest BCUT2D eigenvalue weighted by Crippen LogP contribution is 2.16. The zero-order valence-electron chi connectivity index (χ0n) is 9.79. The summed E-state index contributed by atoms with van der Waals surface area (Å²) in [6.45, 7) is 3.62. The molecule has 1 aromatic rings. The van der Waals surface area contributed by atoms with Crippen LogP contribution in [0.25, 0.3) is 0 Å². The lowest BCUT2D eigenvalue weighted by Gasteiger charge is -2.12.